The molecule has 1 aromatic carbocycles. The molecule has 106 valence electrons. The Balaban J connectivity index is 1.80. The highest BCUT2D eigenvalue weighted by molar-refractivity contribution is 8.00. The standard InChI is InChI=1S/C15H14N4OS/c1-9-3-4-10(2)11(5-9)12(20)6-21-15-13-14(17-7-16-13)18-8-19-15/h3-5,7-8H,6H2,1-2H3,(H,16,17,18,19). The molecule has 0 bridgehead atoms. The summed E-state index contributed by atoms with van der Waals surface area (Å²) in [6.45, 7) is 3.94. The fraction of sp³-hybridized carbons (Fsp3) is 0.200. The zero-order chi connectivity index (χ0) is 14.8. The smallest absolute Gasteiger partial charge is 0.181 e. The molecule has 0 atom stereocenters. The summed E-state index contributed by atoms with van der Waals surface area (Å²) in [4.78, 5) is 27.7. The van der Waals surface area contributed by atoms with Crippen LogP contribution in [0, 0.1) is 13.8 Å². The number of aromatic nitrogens is 4. The van der Waals surface area contributed by atoms with E-state index in [9.17, 15) is 4.79 Å². The van der Waals surface area contributed by atoms with E-state index in [1.54, 1.807) is 6.33 Å². The average molecular weight is 298 g/mol. The molecule has 0 spiro atoms. The normalized spacial score (nSPS) is 11.0. The summed E-state index contributed by atoms with van der Waals surface area (Å²) in [5.41, 5.74) is 4.26. The maximum Gasteiger partial charge on any atom is 0.181 e. The van der Waals surface area contributed by atoms with Gasteiger partial charge in [0, 0.05) is 5.56 Å². The van der Waals surface area contributed by atoms with Crippen LogP contribution in [0.15, 0.2) is 35.9 Å². The third-order valence-corrected chi connectivity index (χ3v) is 4.21. The number of ketones is 1. The van der Waals surface area contributed by atoms with Crippen LogP contribution in [0.3, 0.4) is 0 Å². The first kappa shape index (κ1) is 13.8. The molecule has 0 aliphatic heterocycles. The maximum absolute atomic E-state index is 12.4. The number of carbonyl (C=O) groups is 1. The van der Waals surface area contributed by atoms with Crippen LogP contribution >= 0.6 is 11.8 Å². The highest BCUT2D eigenvalue weighted by Crippen LogP contribution is 2.23. The van der Waals surface area contributed by atoms with Crippen LogP contribution in [0.4, 0.5) is 0 Å². The summed E-state index contributed by atoms with van der Waals surface area (Å²) in [6, 6.07) is 5.92. The van der Waals surface area contributed by atoms with Crippen LogP contribution in [0.1, 0.15) is 21.5 Å². The molecule has 2 heterocycles. The number of fused-ring (bicyclic) bond motifs is 1. The summed E-state index contributed by atoms with van der Waals surface area (Å²) in [5.74, 6) is 0.447. The third-order valence-electron chi connectivity index (χ3n) is 3.22. The predicted molar refractivity (Wildman–Crippen MR) is 82.7 cm³/mol. The zero-order valence-electron chi connectivity index (χ0n) is 11.8. The van der Waals surface area contributed by atoms with Crippen LogP contribution in [0.5, 0.6) is 0 Å². The first-order valence-electron chi connectivity index (χ1n) is 6.52. The van der Waals surface area contributed by atoms with Crippen molar-refractivity contribution < 1.29 is 4.79 Å². The van der Waals surface area contributed by atoms with E-state index in [4.69, 9.17) is 0 Å². The number of H-pyrrole nitrogens is 1. The molecule has 0 radical (unpaired) electrons. The lowest BCUT2D eigenvalue weighted by Crippen LogP contribution is -2.05. The number of Topliss-reactive ketones (excluding diaryl/α,β-unsaturated/α-hetero) is 1. The Labute approximate surface area is 126 Å². The van der Waals surface area contributed by atoms with Crippen molar-refractivity contribution in [3.63, 3.8) is 0 Å². The molecule has 0 amide bonds. The number of hydrogen-bond donors (Lipinski definition) is 1. The molecule has 0 fully saturated rings. The van der Waals surface area contributed by atoms with Crippen LogP contribution in [0.2, 0.25) is 0 Å². The first-order chi connectivity index (χ1) is 10.1. The van der Waals surface area contributed by atoms with Gasteiger partial charge < -0.3 is 4.98 Å². The Bertz CT molecular complexity index is 812. The SMILES string of the molecule is Cc1ccc(C)c(C(=O)CSc2ncnc3nc[nH]c23)c1. The monoisotopic (exact) mass is 298 g/mol. The second-order valence-electron chi connectivity index (χ2n) is 4.81. The van der Waals surface area contributed by atoms with Crippen molar-refractivity contribution in [2.45, 2.75) is 18.9 Å². The Morgan fingerprint density at radius 2 is 2.10 bits per heavy atom. The van der Waals surface area contributed by atoms with Crippen LogP contribution < -0.4 is 0 Å². The summed E-state index contributed by atoms with van der Waals surface area (Å²) >= 11 is 1.40. The Morgan fingerprint density at radius 3 is 2.95 bits per heavy atom. The molecule has 5 nitrogen and oxygen atoms in total. The third kappa shape index (κ3) is 2.80. The van der Waals surface area contributed by atoms with Gasteiger partial charge in [0.25, 0.3) is 0 Å². The number of hydrogen-bond acceptors (Lipinski definition) is 5. The summed E-state index contributed by atoms with van der Waals surface area (Å²) in [6.07, 6.45) is 3.05. The minimum atomic E-state index is 0.104. The summed E-state index contributed by atoms with van der Waals surface area (Å²) in [7, 11) is 0. The molecule has 6 heteroatoms. The van der Waals surface area contributed by atoms with Crippen molar-refractivity contribution in [1.82, 2.24) is 19.9 Å². The quantitative estimate of drug-likeness (QED) is 0.455. The zero-order valence-corrected chi connectivity index (χ0v) is 12.6. The molecule has 0 saturated carbocycles. The highest BCUT2D eigenvalue weighted by Gasteiger charge is 2.12. The molecule has 2 aromatic heterocycles. The highest BCUT2D eigenvalue weighted by atomic mass is 32.2. The number of nitrogens with zero attached hydrogens (tertiary/aromatic N) is 3. The van der Waals surface area contributed by atoms with Gasteiger partial charge in [-0.1, -0.05) is 29.5 Å². The van der Waals surface area contributed by atoms with Crippen LogP contribution in [-0.4, -0.2) is 31.5 Å². The number of carbonyl (C=O) groups excluding carboxylic acids is 1. The predicted octanol–water partition coefficient (Wildman–Crippen LogP) is 2.94. The van der Waals surface area contributed by atoms with Gasteiger partial charge in [-0.2, -0.15) is 0 Å². The van der Waals surface area contributed by atoms with Crippen LogP contribution in [-0.2, 0) is 0 Å². The molecular weight excluding hydrogens is 284 g/mol. The van der Waals surface area contributed by atoms with Crippen molar-refractivity contribution >= 4 is 28.7 Å². The molecule has 21 heavy (non-hydrogen) atoms. The number of imidazole rings is 1. The van der Waals surface area contributed by atoms with Gasteiger partial charge in [-0.05, 0) is 25.5 Å². The average Bonchev–Trinajstić information content (AvgIpc) is 2.96. The lowest BCUT2D eigenvalue weighted by atomic mass is 10.0. The van der Waals surface area contributed by atoms with Gasteiger partial charge in [0.2, 0.25) is 0 Å². The Hall–Kier alpha value is -2.21. The van der Waals surface area contributed by atoms with Gasteiger partial charge in [-0.3, -0.25) is 4.79 Å². The van der Waals surface area contributed by atoms with Gasteiger partial charge in [0.05, 0.1) is 12.1 Å². The lowest BCUT2D eigenvalue weighted by Gasteiger charge is -2.06. The van der Waals surface area contributed by atoms with Crippen molar-refractivity contribution in [1.29, 1.82) is 0 Å². The second kappa shape index (κ2) is 5.65. The number of thioether (sulfide) groups is 1. The fourth-order valence-electron chi connectivity index (χ4n) is 2.10. The van der Waals surface area contributed by atoms with E-state index in [1.165, 1.54) is 18.1 Å². The maximum atomic E-state index is 12.4. The minimum Gasteiger partial charge on any atom is -0.341 e. The molecule has 0 aliphatic carbocycles. The van der Waals surface area contributed by atoms with Gasteiger partial charge in [-0.15, -0.1) is 0 Å². The number of rotatable bonds is 4. The molecule has 1 N–H and O–H groups in total. The van der Waals surface area contributed by atoms with E-state index < -0.39 is 0 Å². The lowest BCUT2D eigenvalue weighted by molar-refractivity contribution is 0.102. The van der Waals surface area contributed by atoms with Gasteiger partial charge in [0.15, 0.2) is 11.4 Å². The van der Waals surface area contributed by atoms with Crippen LogP contribution in [0.25, 0.3) is 11.2 Å². The van der Waals surface area contributed by atoms with E-state index in [0.717, 1.165) is 27.2 Å². The van der Waals surface area contributed by atoms with E-state index >= 15 is 0 Å². The van der Waals surface area contributed by atoms with Gasteiger partial charge in [0.1, 0.15) is 16.9 Å². The molecule has 3 rings (SSSR count). The van der Waals surface area contributed by atoms with E-state index in [2.05, 4.69) is 19.9 Å². The molecule has 0 aliphatic rings. The molecular formula is C15H14N4OS. The first-order valence-corrected chi connectivity index (χ1v) is 7.51. The number of aryl methyl sites for hydroxylation is 2. The van der Waals surface area contributed by atoms with Gasteiger partial charge >= 0.3 is 0 Å². The summed E-state index contributed by atoms with van der Waals surface area (Å²) in [5, 5.41) is 0.746. The van der Waals surface area contributed by atoms with E-state index in [0.29, 0.717) is 11.4 Å². The molecule has 0 unspecified atom stereocenters. The topological polar surface area (TPSA) is 71.5 Å². The Kier molecular flexibility index (Phi) is 3.70. The van der Waals surface area contributed by atoms with Crippen molar-refractivity contribution in [3.05, 3.63) is 47.5 Å². The number of aromatic amines is 1. The molecule has 0 saturated heterocycles. The number of benzene rings is 1. The van der Waals surface area contributed by atoms with Crippen molar-refractivity contribution in [2.24, 2.45) is 0 Å². The fourth-order valence-corrected chi connectivity index (χ4v) is 2.94. The van der Waals surface area contributed by atoms with Gasteiger partial charge in [-0.25, -0.2) is 15.0 Å². The largest absolute Gasteiger partial charge is 0.341 e. The van der Waals surface area contributed by atoms with E-state index in [1.807, 2.05) is 32.0 Å². The summed E-state index contributed by atoms with van der Waals surface area (Å²) < 4.78 is 0. The van der Waals surface area contributed by atoms with Crippen molar-refractivity contribution in [2.75, 3.05) is 5.75 Å². The van der Waals surface area contributed by atoms with Crippen molar-refractivity contribution in [3.8, 4) is 0 Å². The minimum absolute atomic E-state index is 0.104. The van der Waals surface area contributed by atoms with E-state index in [-0.39, 0.29) is 5.78 Å². The molecule has 3 aromatic rings. The second-order valence-corrected chi connectivity index (χ2v) is 5.77. The Morgan fingerprint density at radius 1 is 1.24 bits per heavy atom. The number of nitrogens with one attached hydrogen (secondary N) is 1.